The van der Waals surface area contributed by atoms with Gasteiger partial charge < -0.3 is 5.73 Å². The lowest BCUT2D eigenvalue weighted by atomic mass is 10.3. The van der Waals surface area contributed by atoms with Gasteiger partial charge >= 0.3 is 0 Å². The van der Waals surface area contributed by atoms with Gasteiger partial charge in [-0.3, -0.25) is 4.98 Å². The van der Waals surface area contributed by atoms with Gasteiger partial charge in [-0.15, -0.1) is 0 Å². The van der Waals surface area contributed by atoms with Crippen molar-refractivity contribution in [3.8, 4) is 0 Å². The molecule has 0 aromatic carbocycles. The van der Waals surface area contributed by atoms with E-state index in [9.17, 15) is 0 Å². The molecule has 0 radical (unpaired) electrons. The number of nitrogens with zero attached hydrogens (tertiary/aromatic N) is 2. The van der Waals surface area contributed by atoms with Gasteiger partial charge in [0.15, 0.2) is 0 Å². The van der Waals surface area contributed by atoms with E-state index < -0.39 is 0 Å². The van der Waals surface area contributed by atoms with Crippen molar-refractivity contribution in [2.24, 2.45) is 5.73 Å². The summed E-state index contributed by atoms with van der Waals surface area (Å²) in [6.45, 7) is 4.53. The maximum atomic E-state index is 5.67. The number of aromatic nitrogens is 2. The van der Waals surface area contributed by atoms with Crippen molar-refractivity contribution in [3.63, 3.8) is 0 Å². The van der Waals surface area contributed by atoms with Gasteiger partial charge in [-0.25, -0.2) is 4.98 Å². The van der Waals surface area contributed by atoms with Gasteiger partial charge in [0.25, 0.3) is 0 Å². The second-order valence-electron chi connectivity index (χ2n) is 3.88. The minimum Gasteiger partial charge on any atom is -0.325 e. The Bertz CT molecular complexity index is 506. The summed E-state index contributed by atoms with van der Waals surface area (Å²) < 4.78 is 0. The molecule has 4 heteroatoms. The lowest BCUT2D eigenvalue weighted by Crippen LogP contribution is -2.01. The van der Waals surface area contributed by atoms with Crippen molar-refractivity contribution in [1.29, 1.82) is 0 Å². The molecule has 2 aromatic rings. The number of hydrogen-bond acceptors (Lipinski definition) is 4. The highest BCUT2D eigenvalue weighted by atomic mass is 32.2. The zero-order valence-corrected chi connectivity index (χ0v) is 10.8. The molecule has 0 saturated carbocycles. The summed E-state index contributed by atoms with van der Waals surface area (Å²) >= 11 is 1.61. The van der Waals surface area contributed by atoms with E-state index in [1.54, 1.807) is 18.0 Å². The summed E-state index contributed by atoms with van der Waals surface area (Å²) in [7, 11) is 0. The number of nitrogens with two attached hydrogens (primary N) is 1. The van der Waals surface area contributed by atoms with Crippen molar-refractivity contribution < 1.29 is 0 Å². The quantitative estimate of drug-likeness (QED) is 0.903. The third-order valence-corrected chi connectivity index (χ3v) is 3.34. The minimum absolute atomic E-state index is 0.452. The predicted molar refractivity (Wildman–Crippen MR) is 70.0 cm³/mol. The molecule has 0 amide bonds. The monoisotopic (exact) mass is 245 g/mol. The van der Waals surface area contributed by atoms with E-state index in [2.05, 4.69) is 29.0 Å². The normalized spacial score (nSPS) is 10.5. The van der Waals surface area contributed by atoms with Crippen LogP contribution in [0.4, 0.5) is 0 Å². The van der Waals surface area contributed by atoms with Crippen molar-refractivity contribution in [1.82, 2.24) is 9.97 Å². The SMILES string of the molecule is Cc1cc(C)nc(Sc2cccnc2CN)c1. The second kappa shape index (κ2) is 5.29. The lowest BCUT2D eigenvalue weighted by molar-refractivity contribution is 0.940. The maximum Gasteiger partial charge on any atom is 0.101 e. The highest BCUT2D eigenvalue weighted by Crippen LogP contribution is 2.28. The molecule has 88 valence electrons. The Labute approximate surface area is 105 Å². The Balaban J connectivity index is 2.31. The zero-order chi connectivity index (χ0) is 12.3. The third-order valence-electron chi connectivity index (χ3n) is 2.33. The van der Waals surface area contributed by atoms with Crippen LogP contribution in [-0.2, 0) is 6.54 Å². The van der Waals surface area contributed by atoms with E-state index in [1.807, 2.05) is 19.1 Å². The van der Waals surface area contributed by atoms with Crippen LogP contribution in [0, 0.1) is 13.8 Å². The van der Waals surface area contributed by atoms with Gasteiger partial charge in [0.2, 0.25) is 0 Å². The molecular formula is C13H15N3S. The molecule has 0 saturated heterocycles. The van der Waals surface area contributed by atoms with Gasteiger partial charge in [-0.1, -0.05) is 11.8 Å². The smallest absolute Gasteiger partial charge is 0.101 e. The summed E-state index contributed by atoms with van der Waals surface area (Å²) in [6.07, 6.45) is 1.77. The van der Waals surface area contributed by atoms with Gasteiger partial charge in [0.05, 0.1) is 5.69 Å². The highest BCUT2D eigenvalue weighted by molar-refractivity contribution is 7.99. The van der Waals surface area contributed by atoms with Crippen LogP contribution in [0.1, 0.15) is 17.0 Å². The third kappa shape index (κ3) is 3.05. The Hall–Kier alpha value is -1.39. The molecule has 0 fully saturated rings. The zero-order valence-electron chi connectivity index (χ0n) is 9.97. The first-order valence-corrected chi connectivity index (χ1v) is 6.28. The molecule has 2 aromatic heterocycles. The maximum absolute atomic E-state index is 5.67. The van der Waals surface area contributed by atoms with Crippen LogP contribution >= 0.6 is 11.8 Å². The van der Waals surface area contributed by atoms with Gasteiger partial charge in [0, 0.05) is 23.3 Å². The molecule has 17 heavy (non-hydrogen) atoms. The fourth-order valence-corrected chi connectivity index (χ4v) is 2.70. The van der Waals surface area contributed by atoms with Crippen LogP contribution in [0.5, 0.6) is 0 Å². The molecule has 2 N–H and O–H groups in total. The summed E-state index contributed by atoms with van der Waals surface area (Å²) in [5, 5.41) is 0.991. The summed E-state index contributed by atoms with van der Waals surface area (Å²) in [5.41, 5.74) is 8.84. The van der Waals surface area contributed by atoms with E-state index >= 15 is 0 Å². The number of aryl methyl sites for hydroxylation is 2. The first-order chi connectivity index (χ1) is 8.19. The van der Waals surface area contributed by atoms with Crippen LogP contribution in [0.25, 0.3) is 0 Å². The molecule has 0 aliphatic heterocycles. The summed E-state index contributed by atoms with van der Waals surface area (Å²) in [6, 6.07) is 8.09. The first-order valence-electron chi connectivity index (χ1n) is 5.46. The molecule has 0 bridgehead atoms. The van der Waals surface area contributed by atoms with E-state index in [0.29, 0.717) is 6.54 Å². The van der Waals surface area contributed by atoms with Crippen molar-refractivity contribution in [2.75, 3.05) is 0 Å². The molecule has 0 aliphatic carbocycles. The molecular weight excluding hydrogens is 230 g/mol. The van der Waals surface area contributed by atoms with Gasteiger partial charge in [-0.05, 0) is 43.7 Å². The molecule has 0 unspecified atom stereocenters. The van der Waals surface area contributed by atoms with Gasteiger partial charge in [-0.2, -0.15) is 0 Å². The Morgan fingerprint density at radius 2 is 2.12 bits per heavy atom. The molecule has 0 spiro atoms. The van der Waals surface area contributed by atoms with E-state index in [-0.39, 0.29) is 0 Å². The molecule has 0 atom stereocenters. The second-order valence-corrected chi connectivity index (χ2v) is 4.94. The summed E-state index contributed by atoms with van der Waals surface area (Å²) in [5.74, 6) is 0. The van der Waals surface area contributed by atoms with Gasteiger partial charge in [0.1, 0.15) is 5.03 Å². The standard InChI is InChI=1S/C13H15N3S/c1-9-6-10(2)16-13(7-9)17-12-4-3-5-15-11(12)8-14/h3-7H,8,14H2,1-2H3. The van der Waals surface area contributed by atoms with E-state index in [0.717, 1.165) is 21.3 Å². The van der Waals surface area contributed by atoms with Crippen LogP contribution in [0.3, 0.4) is 0 Å². The highest BCUT2D eigenvalue weighted by Gasteiger charge is 2.05. The van der Waals surface area contributed by atoms with E-state index in [1.165, 1.54) is 5.56 Å². The Morgan fingerprint density at radius 3 is 2.82 bits per heavy atom. The largest absolute Gasteiger partial charge is 0.325 e. The Morgan fingerprint density at radius 1 is 1.29 bits per heavy atom. The molecule has 3 nitrogen and oxygen atoms in total. The minimum atomic E-state index is 0.452. The topological polar surface area (TPSA) is 51.8 Å². The molecule has 2 heterocycles. The van der Waals surface area contributed by atoms with Crippen molar-refractivity contribution in [3.05, 3.63) is 47.4 Å². The number of hydrogen-bond donors (Lipinski definition) is 1. The van der Waals surface area contributed by atoms with Crippen molar-refractivity contribution >= 4 is 11.8 Å². The van der Waals surface area contributed by atoms with Crippen LogP contribution in [0.2, 0.25) is 0 Å². The lowest BCUT2D eigenvalue weighted by Gasteiger charge is -2.06. The van der Waals surface area contributed by atoms with Crippen LogP contribution < -0.4 is 5.73 Å². The number of pyridine rings is 2. The first kappa shape index (κ1) is 12.1. The van der Waals surface area contributed by atoms with Crippen LogP contribution in [0.15, 0.2) is 40.4 Å². The average Bonchev–Trinajstić information content (AvgIpc) is 2.28. The molecule has 0 aliphatic rings. The summed E-state index contributed by atoms with van der Waals surface area (Å²) in [4.78, 5) is 9.84. The number of rotatable bonds is 3. The predicted octanol–water partition coefficient (Wildman–Crippen LogP) is 2.70. The Kier molecular flexibility index (Phi) is 3.76. The molecule has 2 rings (SSSR count). The van der Waals surface area contributed by atoms with Crippen molar-refractivity contribution in [2.45, 2.75) is 30.3 Å². The fourth-order valence-electron chi connectivity index (χ4n) is 1.64. The van der Waals surface area contributed by atoms with Crippen LogP contribution in [-0.4, -0.2) is 9.97 Å². The van der Waals surface area contributed by atoms with E-state index in [4.69, 9.17) is 5.73 Å². The fraction of sp³-hybridized carbons (Fsp3) is 0.231. The average molecular weight is 245 g/mol.